The number of fused-ring (bicyclic) bond motifs is 2. The molecule has 346 valence electrons. The zero-order valence-corrected chi connectivity index (χ0v) is 36.9. The van der Waals surface area contributed by atoms with Gasteiger partial charge in [0.25, 0.3) is 11.8 Å². The molecule has 8 unspecified atom stereocenters. The summed E-state index contributed by atoms with van der Waals surface area (Å²) in [6.45, 7) is 1.06. The van der Waals surface area contributed by atoms with Crippen LogP contribution in [0.4, 0.5) is 9.59 Å². The van der Waals surface area contributed by atoms with Crippen LogP contribution in [0.25, 0.3) is 0 Å². The quantitative estimate of drug-likeness (QED) is 0.0278. The molecule has 10 N–H and O–H groups in total. The minimum absolute atomic E-state index is 0.0113. The number of carbonyl (C=O) groups excluding carboxylic acids is 9. The highest BCUT2D eigenvalue weighted by Gasteiger charge is 2.43. The number of thioether (sulfide) groups is 2. The number of hydrogen-bond donors (Lipinski definition) is 9. The first-order valence-electron chi connectivity index (χ1n) is 22.2. The predicted octanol–water partition coefficient (Wildman–Crippen LogP) is 0.327. The lowest BCUT2D eigenvalue weighted by Gasteiger charge is -2.22. The largest absolute Gasteiger partial charge is 0.368 e. The molecule has 0 aromatic rings. The van der Waals surface area contributed by atoms with Crippen molar-refractivity contribution in [1.82, 2.24) is 47.6 Å². The van der Waals surface area contributed by atoms with Gasteiger partial charge in [0.15, 0.2) is 0 Å². The highest BCUT2D eigenvalue weighted by atomic mass is 32.2. The van der Waals surface area contributed by atoms with E-state index in [1.54, 1.807) is 0 Å². The maximum atomic E-state index is 13.5. The second kappa shape index (κ2) is 25.1. The summed E-state index contributed by atoms with van der Waals surface area (Å²) in [7, 11) is 0. The Bertz CT molecular complexity index is 1610. The lowest BCUT2D eigenvalue weighted by atomic mass is 10.0. The van der Waals surface area contributed by atoms with Gasteiger partial charge in [0.1, 0.15) is 6.04 Å². The molecular formula is C40H64N10O10S2. The lowest BCUT2D eigenvalue weighted by Crippen LogP contribution is -2.52. The Labute approximate surface area is 370 Å². The van der Waals surface area contributed by atoms with Gasteiger partial charge in [0, 0.05) is 67.2 Å². The predicted molar refractivity (Wildman–Crippen MR) is 231 cm³/mol. The van der Waals surface area contributed by atoms with E-state index in [-0.39, 0.29) is 86.7 Å². The van der Waals surface area contributed by atoms with Crippen LogP contribution < -0.4 is 48.3 Å². The van der Waals surface area contributed by atoms with Crippen molar-refractivity contribution in [3.8, 4) is 0 Å². The molecule has 5 rings (SSSR count). The van der Waals surface area contributed by atoms with Gasteiger partial charge in [-0.1, -0.05) is 12.8 Å². The van der Waals surface area contributed by atoms with E-state index in [9.17, 15) is 43.2 Å². The van der Waals surface area contributed by atoms with Gasteiger partial charge >= 0.3 is 18.0 Å². The van der Waals surface area contributed by atoms with Gasteiger partial charge in [0.2, 0.25) is 23.6 Å². The number of urea groups is 2. The van der Waals surface area contributed by atoms with E-state index in [1.807, 2.05) is 23.5 Å². The van der Waals surface area contributed by atoms with Crippen LogP contribution in [0.5, 0.6) is 0 Å². The monoisotopic (exact) mass is 908 g/mol. The van der Waals surface area contributed by atoms with E-state index in [2.05, 4.69) is 42.5 Å². The molecule has 0 aliphatic carbocycles. The third kappa shape index (κ3) is 15.5. The number of nitrogens with zero attached hydrogens (tertiary/aromatic N) is 1. The number of carbonyl (C=O) groups is 9. The summed E-state index contributed by atoms with van der Waals surface area (Å²) in [5.41, 5.74) is 5.68. The molecule has 0 saturated carbocycles. The van der Waals surface area contributed by atoms with Crippen molar-refractivity contribution in [2.75, 3.05) is 31.1 Å². The molecular weight excluding hydrogens is 845 g/mol. The smallest absolute Gasteiger partial charge is 0.333 e. The van der Waals surface area contributed by atoms with Gasteiger partial charge < -0.3 is 53.1 Å². The van der Waals surface area contributed by atoms with E-state index in [0.29, 0.717) is 73.6 Å². The van der Waals surface area contributed by atoms with Crippen LogP contribution >= 0.6 is 23.5 Å². The highest BCUT2D eigenvalue weighted by Crippen LogP contribution is 2.34. The standard InChI is InChI=1S/C40H64N10O10S2/c41-37(56)24(10-5-7-19-43-30(51)14-3-1-12-28-35-26(22-61-28)46-39(58)48-35)45-38(57)25(42-21-9-16-34(55)60-50-32(53)17-18-33(50)54)11-6-8-20-44-31(52)15-4-2-13-29-36-27(23-62-29)47-40(59)49-36/h24-29,35-36,42H,1-23H2,(H2,41,56)(H,43,51)(H,44,52)(H,45,57)(H2,46,48,58)(H2,47,49,59). The first-order chi connectivity index (χ1) is 29.9. The summed E-state index contributed by atoms with van der Waals surface area (Å²) in [4.78, 5) is 115. The number of imide groups is 1. The van der Waals surface area contributed by atoms with Crippen LogP contribution in [0.2, 0.25) is 0 Å². The number of amides is 10. The second-order valence-corrected chi connectivity index (χ2v) is 19.1. The summed E-state index contributed by atoms with van der Waals surface area (Å²) >= 11 is 3.70. The number of primary amides is 1. The molecule has 0 radical (unpaired) electrons. The maximum Gasteiger partial charge on any atom is 0.333 e. The fourth-order valence-electron chi connectivity index (χ4n) is 8.33. The summed E-state index contributed by atoms with van der Waals surface area (Å²) in [5.74, 6) is -1.34. The third-order valence-corrected chi connectivity index (χ3v) is 14.8. The molecule has 5 heterocycles. The van der Waals surface area contributed by atoms with Gasteiger partial charge in [0.05, 0.1) is 30.2 Å². The van der Waals surface area contributed by atoms with Crippen LogP contribution in [0, 0.1) is 0 Å². The van der Waals surface area contributed by atoms with E-state index in [0.717, 1.165) is 50.0 Å². The van der Waals surface area contributed by atoms with Crippen molar-refractivity contribution < 1.29 is 48.0 Å². The Morgan fingerprint density at radius 3 is 1.68 bits per heavy atom. The van der Waals surface area contributed by atoms with Crippen LogP contribution in [-0.4, -0.2) is 136 Å². The minimum atomic E-state index is -0.942. The normalized spacial score (nSPS) is 24.6. The molecule has 5 saturated heterocycles. The number of hydroxylamine groups is 2. The van der Waals surface area contributed by atoms with Gasteiger partial charge in [-0.25, -0.2) is 14.4 Å². The molecule has 5 fully saturated rings. The number of unbranched alkanes of at least 4 members (excludes halogenated alkanes) is 4. The van der Waals surface area contributed by atoms with Gasteiger partial charge in [-0.3, -0.25) is 28.8 Å². The van der Waals surface area contributed by atoms with E-state index in [1.165, 1.54) is 0 Å². The molecule has 62 heavy (non-hydrogen) atoms. The molecule has 0 bridgehead atoms. The van der Waals surface area contributed by atoms with Crippen molar-refractivity contribution in [2.24, 2.45) is 5.73 Å². The summed E-state index contributed by atoms with van der Waals surface area (Å²) in [6, 6.07) is -1.27. The molecule has 0 aromatic carbocycles. The summed E-state index contributed by atoms with van der Waals surface area (Å²) in [5, 5.41) is 24.8. The average Bonchev–Trinajstić information content (AvgIpc) is 4.05. The molecule has 5 aliphatic rings. The van der Waals surface area contributed by atoms with E-state index < -0.39 is 41.7 Å². The number of rotatable bonds is 29. The highest BCUT2D eigenvalue weighted by molar-refractivity contribution is 8.00. The molecule has 10 amide bonds. The minimum Gasteiger partial charge on any atom is -0.368 e. The van der Waals surface area contributed by atoms with E-state index in [4.69, 9.17) is 10.6 Å². The molecule has 8 atom stereocenters. The Hall–Kier alpha value is -4.31. The molecule has 0 spiro atoms. The van der Waals surface area contributed by atoms with Gasteiger partial charge in [-0.15, -0.1) is 5.06 Å². The SMILES string of the molecule is NC(=O)C(CCCCNC(=O)CCCCC1SCC2NC(=O)NC21)NC(=O)C(CCCCNC(=O)CCCCC1SCC2NC(=O)NC21)NCCCC(=O)ON1C(=O)CCC1=O. The Balaban J connectivity index is 0.966. The van der Waals surface area contributed by atoms with Crippen LogP contribution in [0.1, 0.15) is 116 Å². The number of hydrogen-bond acceptors (Lipinski definition) is 13. The Morgan fingerprint density at radius 1 is 0.645 bits per heavy atom. The fourth-order valence-corrected chi connectivity index (χ4v) is 11.4. The van der Waals surface area contributed by atoms with Crippen molar-refractivity contribution >= 4 is 77.0 Å². The van der Waals surface area contributed by atoms with Crippen LogP contribution in [0.3, 0.4) is 0 Å². The number of nitrogens with one attached hydrogen (secondary N) is 8. The van der Waals surface area contributed by atoms with Crippen molar-refractivity contribution in [1.29, 1.82) is 0 Å². The van der Waals surface area contributed by atoms with Crippen molar-refractivity contribution in [3.63, 3.8) is 0 Å². The molecule has 20 nitrogen and oxygen atoms in total. The molecule has 5 aliphatic heterocycles. The van der Waals surface area contributed by atoms with E-state index >= 15 is 0 Å². The van der Waals surface area contributed by atoms with Crippen molar-refractivity contribution in [2.45, 2.75) is 162 Å². The second-order valence-electron chi connectivity index (χ2n) is 16.5. The van der Waals surface area contributed by atoms with Gasteiger partial charge in [-0.2, -0.15) is 23.5 Å². The summed E-state index contributed by atoms with van der Waals surface area (Å²) < 4.78 is 0. The topological polar surface area (TPSA) is 288 Å². The first-order valence-corrected chi connectivity index (χ1v) is 24.3. The van der Waals surface area contributed by atoms with Gasteiger partial charge in [-0.05, 0) is 77.2 Å². The molecule has 22 heteroatoms. The first kappa shape index (κ1) is 48.7. The lowest BCUT2D eigenvalue weighted by molar-refractivity contribution is -0.197. The van der Waals surface area contributed by atoms with Crippen molar-refractivity contribution in [3.05, 3.63) is 0 Å². The maximum absolute atomic E-state index is 13.5. The van der Waals surface area contributed by atoms with Crippen LogP contribution in [0.15, 0.2) is 0 Å². The third-order valence-electron chi connectivity index (χ3n) is 11.8. The Kier molecular flexibility index (Phi) is 19.7. The zero-order chi connectivity index (χ0) is 44.4. The fraction of sp³-hybridized carbons (Fsp3) is 0.775. The Morgan fingerprint density at radius 2 is 1.16 bits per heavy atom. The molecule has 0 aromatic heterocycles. The van der Waals surface area contributed by atoms with Crippen LogP contribution in [-0.2, 0) is 38.4 Å². The zero-order valence-electron chi connectivity index (χ0n) is 35.3. The number of nitrogens with two attached hydrogens (primary N) is 1. The average molecular weight is 909 g/mol. The summed E-state index contributed by atoms with van der Waals surface area (Å²) in [6.07, 6.45) is 8.91.